The first kappa shape index (κ1) is 18.1. The third-order valence-electron chi connectivity index (χ3n) is 2.48. The number of aryl methyl sites for hydroxylation is 1. The second kappa shape index (κ2) is 6.89. The molecule has 0 aliphatic carbocycles. The van der Waals surface area contributed by atoms with E-state index in [1.807, 2.05) is 6.92 Å². The summed E-state index contributed by atoms with van der Waals surface area (Å²) in [6.45, 7) is 7.11. The number of rotatable bonds is 5. The Labute approximate surface area is 134 Å². The predicted octanol–water partition coefficient (Wildman–Crippen LogP) is 2.77. The molecule has 0 aliphatic rings. The Bertz CT molecular complexity index is 620. The maximum Gasteiger partial charge on any atom is 0.307 e. The molecule has 1 rings (SSSR count). The van der Waals surface area contributed by atoms with E-state index in [0.717, 1.165) is 10.0 Å². The highest BCUT2D eigenvalue weighted by Crippen LogP contribution is 2.19. The lowest BCUT2D eigenvalue weighted by Crippen LogP contribution is -2.29. The van der Waals surface area contributed by atoms with E-state index >= 15 is 0 Å². The molecule has 0 spiro atoms. The second-order valence-electron chi connectivity index (χ2n) is 5.65. The van der Waals surface area contributed by atoms with Crippen LogP contribution >= 0.6 is 15.9 Å². The lowest BCUT2D eigenvalue weighted by atomic mass is 10.2. The third-order valence-corrected chi connectivity index (χ3v) is 4.83. The van der Waals surface area contributed by atoms with Gasteiger partial charge in [-0.05, 0) is 51.5 Å². The van der Waals surface area contributed by atoms with Crippen molar-refractivity contribution in [3.63, 3.8) is 0 Å². The lowest BCUT2D eigenvalue weighted by Gasteiger charge is -2.19. The summed E-state index contributed by atoms with van der Waals surface area (Å²) in [5.41, 5.74) is 0.253. The second-order valence-corrected chi connectivity index (χ2v) is 8.27. The van der Waals surface area contributed by atoms with Crippen LogP contribution in [0.1, 0.15) is 32.8 Å². The first-order valence-electron chi connectivity index (χ1n) is 6.49. The molecule has 0 bridgehead atoms. The van der Waals surface area contributed by atoms with Gasteiger partial charge in [-0.1, -0.05) is 15.9 Å². The van der Waals surface area contributed by atoms with Crippen LogP contribution in [0.2, 0.25) is 0 Å². The summed E-state index contributed by atoms with van der Waals surface area (Å²) in [6.07, 6.45) is -0.00793. The van der Waals surface area contributed by atoms with Gasteiger partial charge in [-0.2, -0.15) is 0 Å². The summed E-state index contributed by atoms with van der Waals surface area (Å²) in [5.74, 6) is -0.433. The molecule has 5 nitrogen and oxygen atoms in total. The molecule has 0 unspecified atom stereocenters. The molecule has 0 aromatic heterocycles. The van der Waals surface area contributed by atoms with Gasteiger partial charge in [-0.25, -0.2) is 13.1 Å². The van der Waals surface area contributed by atoms with Crippen molar-refractivity contribution >= 4 is 31.9 Å². The number of esters is 1. The Kier molecular flexibility index (Phi) is 5.95. The van der Waals surface area contributed by atoms with Crippen LogP contribution in [0.5, 0.6) is 0 Å². The van der Waals surface area contributed by atoms with Crippen molar-refractivity contribution in [2.75, 3.05) is 6.54 Å². The SMILES string of the molecule is Cc1cc(S(=O)(=O)NCCC(=O)OC(C)(C)C)ccc1Br. The summed E-state index contributed by atoms with van der Waals surface area (Å²) >= 11 is 3.32. The zero-order chi connectivity index (χ0) is 16.3. The van der Waals surface area contributed by atoms with E-state index in [0.29, 0.717) is 0 Å². The van der Waals surface area contributed by atoms with E-state index in [2.05, 4.69) is 20.7 Å². The highest BCUT2D eigenvalue weighted by Gasteiger charge is 2.18. The number of benzene rings is 1. The topological polar surface area (TPSA) is 72.5 Å². The summed E-state index contributed by atoms with van der Waals surface area (Å²) < 4.78 is 32.5. The number of ether oxygens (including phenoxy) is 1. The van der Waals surface area contributed by atoms with Gasteiger partial charge in [-0.3, -0.25) is 4.79 Å². The van der Waals surface area contributed by atoms with Gasteiger partial charge in [0.25, 0.3) is 0 Å². The van der Waals surface area contributed by atoms with Crippen LogP contribution < -0.4 is 4.72 Å². The van der Waals surface area contributed by atoms with Gasteiger partial charge < -0.3 is 4.74 Å². The van der Waals surface area contributed by atoms with Crippen LogP contribution in [0.15, 0.2) is 27.6 Å². The summed E-state index contributed by atoms with van der Waals surface area (Å²) in [5, 5.41) is 0. The molecule has 0 fully saturated rings. The molecule has 21 heavy (non-hydrogen) atoms. The predicted molar refractivity (Wildman–Crippen MR) is 84.5 cm³/mol. The monoisotopic (exact) mass is 377 g/mol. The quantitative estimate of drug-likeness (QED) is 0.800. The zero-order valence-corrected chi connectivity index (χ0v) is 15.0. The molecule has 1 aromatic carbocycles. The molecule has 0 amide bonds. The normalized spacial score (nSPS) is 12.2. The molecule has 0 aliphatic heterocycles. The molecule has 0 saturated carbocycles. The van der Waals surface area contributed by atoms with Crippen LogP contribution in [0.25, 0.3) is 0 Å². The zero-order valence-electron chi connectivity index (χ0n) is 12.6. The van der Waals surface area contributed by atoms with Crippen molar-refractivity contribution in [2.24, 2.45) is 0 Å². The van der Waals surface area contributed by atoms with Crippen molar-refractivity contribution < 1.29 is 17.9 Å². The molecule has 0 atom stereocenters. The van der Waals surface area contributed by atoms with Gasteiger partial charge >= 0.3 is 5.97 Å². The number of carbonyl (C=O) groups is 1. The molecule has 1 aromatic rings. The Balaban J connectivity index is 2.61. The average molecular weight is 378 g/mol. The van der Waals surface area contributed by atoms with Crippen LogP contribution in [0, 0.1) is 6.92 Å². The minimum Gasteiger partial charge on any atom is -0.460 e. The van der Waals surface area contributed by atoms with E-state index < -0.39 is 21.6 Å². The molecule has 7 heteroatoms. The number of hydrogen-bond acceptors (Lipinski definition) is 4. The standard InChI is InChI=1S/C14H20BrNO4S/c1-10-9-11(5-6-12(10)15)21(18,19)16-8-7-13(17)20-14(2,3)4/h5-6,9,16H,7-8H2,1-4H3. The Morgan fingerprint density at radius 1 is 1.33 bits per heavy atom. The van der Waals surface area contributed by atoms with E-state index in [1.165, 1.54) is 6.07 Å². The fourth-order valence-corrected chi connectivity index (χ4v) is 2.91. The number of nitrogens with one attached hydrogen (secondary N) is 1. The van der Waals surface area contributed by atoms with E-state index in [-0.39, 0.29) is 17.9 Å². The van der Waals surface area contributed by atoms with Crippen molar-refractivity contribution in [2.45, 2.75) is 44.6 Å². The van der Waals surface area contributed by atoms with E-state index in [4.69, 9.17) is 4.74 Å². The Hall–Kier alpha value is -0.920. The van der Waals surface area contributed by atoms with Gasteiger partial charge in [0.2, 0.25) is 10.0 Å². The summed E-state index contributed by atoms with van der Waals surface area (Å²) in [6, 6.07) is 4.75. The highest BCUT2D eigenvalue weighted by molar-refractivity contribution is 9.10. The van der Waals surface area contributed by atoms with Gasteiger partial charge in [-0.15, -0.1) is 0 Å². The largest absolute Gasteiger partial charge is 0.460 e. The minimum absolute atomic E-state index is 0.00631. The summed E-state index contributed by atoms with van der Waals surface area (Å²) in [7, 11) is -3.62. The first-order chi connectivity index (χ1) is 9.51. The Morgan fingerprint density at radius 3 is 2.48 bits per heavy atom. The molecule has 1 N–H and O–H groups in total. The van der Waals surface area contributed by atoms with Gasteiger partial charge in [0, 0.05) is 11.0 Å². The molecule has 118 valence electrons. The maximum absolute atomic E-state index is 12.1. The summed E-state index contributed by atoms with van der Waals surface area (Å²) in [4.78, 5) is 11.7. The van der Waals surface area contributed by atoms with Crippen molar-refractivity contribution in [1.82, 2.24) is 4.72 Å². The third kappa shape index (κ3) is 6.15. The number of sulfonamides is 1. The number of halogens is 1. The highest BCUT2D eigenvalue weighted by atomic mass is 79.9. The Morgan fingerprint density at radius 2 is 1.95 bits per heavy atom. The van der Waals surface area contributed by atoms with Crippen LogP contribution in [0.3, 0.4) is 0 Å². The van der Waals surface area contributed by atoms with Crippen molar-refractivity contribution in [1.29, 1.82) is 0 Å². The van der Waals surface area contributed by atoms with E-state index in [9.17, 15) is 13.2 Å². The van der Waals surface area contributed by atoms with Crippen LogP contribution in [-0.4, -0.2) is 26.5 Å². The fraction of sp³-hybridized carbons (Fsp3) is 0.500. The lowest BCUT2D eigenvalue weighted by molar-refractivity contribution is -0.154. The fourth-order valence-electron chi connectivity index (χ4n) is 1.55. The molecular weight excluding hydrogens is 358 g/mol. The molecule has 0 heterocycles. The van der Waals surface area contributed by atoms with Crippen LogP contribution in [0.4, 0.5) is 0 Å². The van der Waals surface area contributed by atoms with Gasteiger partial charge in [0.1, 0.15) is 5.60 Å². The minimum atomic E-state index is -3.62. The molecular formula is C14H20BrNO4S. The van der Waals surface area contributed by atoms with Crippen LogP contribution in [-0.2, 0) is 19.6 Å². The van der Waals surface area contributed by atoms with Crippen molar-refractivity contribution in [3.8, 4) is 0 Å². The van der Waals surface area contributed by atoms with E-state index in [1.54, 1.807) is 32.9 Å². The number of carbonyl (C=O) groups excluding carboxylic acids is 1. The average Bonchev–Trinajstić information content (AvgIpc) is 2.29. The number of hydrogen-bond donors (Lipinski definition) is 1. The van der Waals surface area contributed by atoms with Gasteiger partial charge in [0.05, 0.1) is 11.3 Å². The molecule has 0 radical (unpaired) electrons. The smallest absolute Gasteiger partial charge is 0.307 e. The van der Waals surface area contributed by atoms with Gasteiger partial charge in [0.15, 0.2) is 0 Å². The first-order valence-corrected chi connectivity index (χ1v) is 8.76. The maximum atomic E-state index is 12.1. The molecule has 0 saturated heterocycles. The van der Waals surface area contributed by atoms with Crippen molar-refractivity contribution in [3.05, 3.63) is 28.2 Å².